The van der Waals surface area contributed by atoms with Gasteiger partial charge in [0.05, 0.1) is 15.5 Å². The molecule has 1 unspecified atom stereocenters. The molecule has 4 heteroatoms. The lowest BCUT2D eigenvalue weighted by Crippen LogP contribution is -2.42. The first-order chi connectivity index (χ1) is 7.66. The van der Waals surface area contributed by atoms with Crippen molar-refractivity contribution in [1.29, 1.82) is 0 Å². The van der Waals surface area contributed by atoms with Gasteiger partial charge >= 0.3 is 0 Å². The molecule has 2 nitrogen and oxygen atoms in total. The number of rotatable bonds is 4. The summed E-state index contributed by atoms with van der Waals surface area (Å²) >= 11 is 5.13. The summed E-state index contributed by atoms with van der Waals surface area (Å²) in [4.78, 5) is 1.21. The molecule has 2 rings (SSSR count). The van der Waals surface area contributed by atoms with E-state index in [1.165, 1.54) is 17.7 Å². The molecule has 1 atom stereocenters. The van der Waals surface area contributed by atoms with Crippen molar-refractivity contribution in [3.63, 3.8) is 0 Å². The van der Waals surface area contributed by atoms with Gasteiger partial charge in [0, 0.05) is 18.4 Å². The first-order valence-corrected chi connectivity index (χ1v) is 7.25. The van der Waals surface area contributed by atoms with Crippen LogP contribution in [0.5, 0.6) is 0 Å². The van der Waals surface area contributed by atoms with Gasteiger partial charge in [-0.3, -0.25) is 0 Å². The SMILES string of the molecule is COC1(C(O)Cc2ccc(Br)s2)CCCC1. The Morgan fingerprint density at radius 3 is 2.69 bits per heavy atom. The Labute approximate surface area is 109 Å². The van der Waals surface area contributed by atoms with E-state index in [-0.39, 0.29) is 11.7 Å². The molecular weight excluding hydrogens is 288 g/mol. The predicted octanol–water partition coefficient (Wildman–Crippen LogP) is 3.37. The van der Waals surface area contributed by atoms with Crippen LogP contribution in [-0.4, -0.2) is 23.9 Å². The predicted molar refractivity (Wildman–Crippen MR) is 69.9 cm³/mol. The summed E-state index contributed by atoms with van der Waals surface area (Å²) in [6, 6.07) is 4.09. The van der Waals surface area contributed by atoms with Crippen molar-refractivity contribution < 1.29 is 9.84 Å². The van der Waals surface area contributed by atoms with Crippen molar-refractivity contribution >= 4 is 27.3 Å². The molecule has 0 bridgehead atoms. The van der Waals surface area contributed by atoms with Gasteiger partial charge in [0.15, 0.2) is 0 Å². The monoisotopic (exact) mass is 304 g/mol. The van der Waals surface area contributed by atoms with E-state index < -0.39 is 0 Å². The third-order valence-corrected chi connectivity index (χ3v) is 5.13. The van der Waals surface area contributed by atoms with Crippen LogP contribution in [0.1, 0.15) is 30.6 Å². The first kappa shape index (κ1) is 12.6. The fourth-order valence-corrected chi connectivity index (χ4v) is 4.00. The highest BCUT2D eigenvalue weighted by Crippen LogP contribution is 2.37. The van der Waals surface area contributed by atoms with E-state index in [2.05, 4.69) is 22.0 Å². The van der Waals surface area contributed by atoms with E-state index in [4.69, 9.17) is 4.74 Å². The Morgan fingerprint density at radius 2 is 2.19 bits per heavy atom. The van der Waals surface area contributed by atoms with Crippen molar-refractivity contribution in [1.82, 2.24) is 0 Å². The molecule has 1 heterocycles. The largest absolute Gasteiger partial charge is 0.390 e. The molecule has 0 saturated heterocycles. The number of aliphatic hydroxyl groups is 1. The molecule has 16 heavy (non-hydrogen) atoms. The zero-order chi connectivity index (χ0) is 11.6. The number of thiophene rings is 1. The van der Waals surface area contributed by atoms with Gasteiger partial charge in [0.25, 0.3) is 0 Å². The number of aliphatic hydroxyl groups excluding tert-OH is 1. The Balaban J connectivity index is 2.03. The average Bonchev–Trinajstić information content (AvgIpc) is 2.88. The summed E-state index contributed by atoms with van der Waals surface area (Å²) in [7, 11) is 1.72. The molecule has 0 spiro atoms. The number of methoxy groups -OCH3 is 1. The summed E-state index contributed by atoms with van der Waals surface area (Å²) in [5.74, 6) is 0. The van der Waals surface area contributed by atoms with Gasteiger partial charge in [0.2, 0.25) is 0 Å². The first-order valence-electron chi connectivity index (χ1n) is 5.64. The molecule has 1 aromatic heterocycles. The second-order valence-corrected chi connectivity index (χ2v) is 6.95. The Kier molecular flexibility index (Phi) is 4.06. The van der Waals surface area contributed by atoms with Crippen molar-refractivity contribution in [3.8, 4) is 0 Å². The fraction of sp³-hybridized carbons (Fsp3) is 0.667. The average molecular weight is 305 g/mol. The molecule has 0 aliphatic heterocycles. The van der Waals surface area contributed by atoms with Gasteiger partial charge < -0.3 is 9.84 Å². The van der Waals surface area contributed by atoms with Crippen LogP contribution in [0, 0.1) is 0 Å². The van der Waals surface area contributed by atoms with Gasteiger partial charge in [-0.15, -0.1) is 11.3 Å². The number of halogens is 1. The molecule has 1 aliphatic carbocycles. The maximum absolute atomic E-state index is 10.3. The fourth-order valence-electron chi connectivity index (χ4n) is 2.48. The zero-order valence-corrected chi connectivity index (χ0v) is 11.8. The highest BCUT2D eigenvalue weighted by Gasteiger charge is 2.40. The molecule has 1 aromatic rings. The van der Waals surface area contributed by atoms with E-state index in [1.54, 1.807) is 18.4 Å². The lowest BCUT2D eigenvalue weighted by atomic mass is 9.92. The van der Waals surface area contributed by atoms with Gasteiger partial charge in [-0.25, -0.2) is 0 Å². The van der Waals surface area contributed by atoms with Crippen molar-refractivity contribution in [2.75, 3.05) is 7.11 Å². The minimum atomic E-state index is -0.384. The molecule has 0 aromatic carbocycles. The maximum atomic E-state index is 10.3. The van der Waals surface area contributed by atoms with Gasteiger partial charge in [-0.05, 0) is 40.9 Å². The molecule has 1 saturated carbocycles. The van der Waals surface area contributed by atoms with E-state index >= 15 is 0 Å². The Bertz CT molecular complexity index is 345. The molecule has 1 fully saturated rings. The van der Waals surface area contributed by atoms with E-state index in [0.29, 0.717) is 6.42 Å². The zero-order valence-electron chi connectivity index (χ0n) is 9.41. The van der Waals surface area contributed by atoms with Crippen LogP contribution < -0.4 is 0 Å². The van der Waals surface area contributed by atoms with Crippen molar-refractivity contribution in [2.24, 2.45) is 0 Å². The van der Waals surface area contributed by atoms with Crippen LogP contribution >= 0.6 is 27.3 Å². The summed E-state index contributed by atoms with van der Waals surface area (Å²) in [6.07, 6.45) is 4.61. The van der Waals surface area contributed by atoms with Crippen LogP contribution in [0.2, 0.25) is 0 Å². The highest BCUT2D eigenvalue weighted by molar-refractivity contribution is 9.11. The quantitative estimate of drug-likeness (QED) is 0.924. The molecule has 90 valence electrons. The third kappa shape index (κ3) is 2.50. The van der Waals surface area contributed by atoms with Crippen LogP contribution in [0.15, 0.2) is 15.9 Å². The Morgan fingerprint density at radius 1 is 1.50 bits per heavy atom. The summed E-state index contributed by atoms with van der Waals surface area (Å²) < 4.78 is 6.70. The van der Waals surface area contributed by atoms with Crippen LogP contribution in [0.25, 0.3) is 0 Å². The standard InChI is InChI=1S/C12H17BrO2S/c1-15-12(6-2-3-7-12)10(14)8-9-4-5-11(13)16-9/h4-5,10,14H,2-3,6-8H2,1H3. The lowest BCUT2D eigenvalue weighted by Gasteiger charge is -2.32. The summed E-state index contributed by atoms with van der Waals surface area (Å²) in [5, 5.41) is 10.3. The number of hydrogen-bond acceptors (Lipinski definition) is 3. The van der Waals surface area contributed by atoms with Gasteiger partial charge in [0.1, 0.15) is 0 Å². The normalized spacial score (nSPS) is 21.2. The molecular formula is C12H17BrO2S. The second-order valence-electron chi connectivity index (χ2n) is 4.40. The van der Waals surface area contributed by atoms with E-state index in [9.17, 15) is 5.11 Å². The number of ether oxygens (including phenoxy) is 1. The molecule has 1 N–H and O–H groups in total. The van der Waals surface area contributed by atoms with Crippen LogP contribution in [0.3, 0.4) is 0 Å². The minimum Gasteiger partial charge on any atom is -0.390 e. The van der Waals surface area contributed by atoms with Gasteiger partial charge in [-0.2, -0.15) is 0 Å². The second kappa shape index (κ2) is 5.17. The lowest BCUT2D eigenvalue weighted by molar-refractivity contribution is -0.0968. The molecule has 0 radical (unpaired) electrons. The smallest absolute Gasteiger partial charge is 0.0939 e. The van der Waals surface area contributed by atoms with Crippen molar-refractivity contribution in [3.05, 3.63) is 20.8 Å². The number of hydrogen-bond donors (Lipinski definition) is 1. The molecule has 0 amide bonds. The highest BCUT2D eigenvalue weighted by atomic mass is 79.9. The van der Waals surface area contributed by atoms with E-state index in [1.807, 2.05) is 6.07 Å². The topological polar surface area (TPSA) is 29.5 Å². The summed E-state index contributed by atoms with van der Waals surface area (Å²) in [5.41, 5.74) is -0.295. The summed E-state index contributed by atoms with van der Waals surface area (Å²) in [6.45, 7) is 0. The van der Waals surface area contributed by atoms with Crippen LogP contribution in [-0.2, 0) is 11.2 Å². The van der Waals surface area contributed by atoms with Gasteiger partial charge in [-0.1, -0.05) is 12.8 Å². The van der Waals surface area contributed by atoms with Crippen LogP contribution in [0.4, 0.5) is 0 Å². The molecule has 1 aliphatic rings. The van der Waals surface area contributed by atoms with Crippen molar-refractivity contribution in [2.45, 2.75) is 43.8 Å². The minimum absolute atomic E-state index is 0.295. The van der Waals surface area contributed by atoms with E-state index in [0.717, 1.165) is 16.6 Å². The Hall–Kier alpha value is 0.1000. The maximum Gasteiger partial charge on any atom is 0.0939 e. The third-order valence-electron chi connectivity index (χ3n) is 3.49.